The van der Waals surface area contributed by atoms with E-state index in [-0.39, 0.29) is 12.5 Å². The van der Waals surface area contributed by atoms with Crippen LogP contribution in [-0.4, -0.2) is 23.5 Å². The van der Waals surface area contributed by atoms with Crippen LogP contribution in [0.15, 0.2) is 40.2 Å². The first-order chi connectivity index (χ1) is 9.99. The van der Waals surface area contributed by atoms with Gasteiger partial charge >= 0.3 is 5.97 Å². The lowest BCUT2D eigenvalue weighted by Gasteiger charge is -2.13. The molecule has 0 aliphatic rings. The molecule has 1 amide bonds. The predicted octanol–water partition coefficient (Wildman–Crippen LogP) is 3.42. The zero-order valence-corrected chi connectivity index (χ0v) is 13.7. The molecule has 6 heteroatoms. The second-order valence-corrected chi connectivity index (χ2v) is 6.95. The molecular weight excluding hydrogens is 354 g/mol. The molecule has 2 N–H and O–H groups in total. The van der Waals surface area contributed by atoms with Crippen molar-refractivity contribution in [1.29, 1.82) is 0 Å². The van der Waals surface area contributed by atoms with Crippen LogP contribution in [0.5, 0.6) is 0 Å². The Morgan fingerprint density at radius 1 is 1.33 bits per heavy atom. The number of carboxylic acids is 1. The minimum atomic E-state index is -0.954. The first-order valence-electron chi connectivity index (χ1n) is 6.31. The second-order valence-electron chi connectivity index (χ2n) is 4.58. The normalized spacial score (nSPS) is 11.9. The van der Waals surface area contributed by atoms with Crippen molar-refractivity contribution in [1.82, 2.24) is 5.32 Å². The number of carbonyl (C=O) groups is 2. The molecule has 1 unspecified atom stereocenters. The molecule has 2 rings (SSSR count). The molecule has 0 radical (unpaired) electrons. The number of carboxylic acid groups (broad SMARTS) is 1. The zero-order chi connectivity index (χ0) is 15.4. The Kier molecular flexibility index (Phi) is 5.14. The summed E-state index contributed by atoms with van der Waals surface area (Å²) in [6.45, 7) is 1.97. The standard InChI is InChI=1S/C15H14BrNO3S/c1-9-7-12(21-13(9)16)14(18)17-8-11(15(19)20)10-5-3-2-4-6-10/h2-7,11H,8H2,1H3,(H,17,18)(H,19,20). The summed E-state index contributed by atoms with van der Waals surface area (Å²) in [6.07, 6.45) is 0. The van der Waals surface area contributed by atoms with Gasteiger partial charge in [-0.25, -0.2) is 0 Å². The van der Waals surface area contributed by atoms with Gasteiger partial charge in [0.1, 0.15) is 0 Å². The highest BCUT2D eigenvalue weighted by atomic mass is 79.9. The number of aliphatic carboxylic acids is 1. The number of nitrogens with one attached hydrogen (secondary N) is 1. The van der Waals surface area contributed by atoms with Gasteiger partial charge < -0.3 is 10.4 Å². The van der Waals surface area contributed by atoms with Crippen LogP contribution in [0.2, 0.25) is 0 Å². The maximum absolute atomic E-state index is 12.1. The molecule has 110 valence electrons. The van der Waals surface area contributed by atoms with Crippen molar-refractivity contribution in [3.8, 4) is 0 Å². The Bertz CT molecular complexity index is 635. The molecule has 2 aromatic rings. The second kappa shape index (κ2) is 6.87. The van der Waals surface area contributed by atoms with Crippen molar-refractivity contribution in [3.05, 3.63) is 56.2 Å². The number of amides is 1. The Labute approximate surface area is 134 Å². The van der Waals surface area contributed by atoms with Gasteiger partial charge in [0.15, 0.2) is 0 Å². The average molecular weight is 368 g/mol. The van der Waals surface area contributed by atoms with Crippen molar-refractivity contribution < 1.29 is 14.7 Å². The lowest BCUT2D eigenvalue weighted by molar-refractivity contribution is -0.138. The Morgan fingerprint density at radius 3 is 2.52 bits per heavy atom. The van der Waals surface area contributed by atoms with Crippen LogP contribution in [0.3, 0.4) is 0 Å². The van der Waals surface area contributed by atoms with E-state index < -0.39 is 11.9 Å². The summed E-state index contributed by atoms with van der Waals surface area (Å²) in [5.74, 6) is -1.96. The van der Waals surface area contributed by atoms with Crippen LogP contribution < -0.4 is 5.32 Å². The molecule has 0 aliphatic carbocycles. The first-order valence-corrected chi connectivity index (χ1v) is 7.92. The zero-order valence-electron chi connectivity index (χ0n) is 11.3. The highest BCUT2D eigenvalue weighted by Crippen LogP contribution is 2.27. The molecule has 0 spiro atoms. The van der Waals surface area contributed by atoms with Crippen molar-refractivity contribution in [2.24, 2.45) is 0 Å². The summed E-state index contributed by atoms with van der Waals surface area (Å²) in [7, 11) is 0. The highest BCUT2D eigenvalue weighted by Gasteiger charge is 2.21. The number of carbonyl (C=O) groups excluding carboxylic acids is 1. The fourth-order valence-corrected chi connectivity index (χ4v) is 3.34. The van der Waals surface area contributed by atoms with Gasteiger partial charge in [-0.15, -0.1) is 11.3 Å². The smallest absolute Gasteiger partial charge is 0.312 e. The summed E-state index contributed by atoms with van der Waals surface area (Å²) in [4.78, 5) is 24.0. The van der Waals surface area contributed by atoms with E-state index >= 15 is 0 Å². The van der Waals surface area contributed by atoms with Gasteiger partial charge in [0.2, 0.25) is 0 Å². The van der Waals surface area contributed by atoms with Crippen LogP contribution in [-0.2, 0) is 4.79 Å². The van der Waals surface area contributed by atoms with Gasteiger partial charge in [0, 0.05) is 6.54 Å². The van der Waals surface area contributed by atoms with E-state index in [9.17, 15) is 14.7 Å². The van der Waals surface area contributed by atoms with E-state index in [0.29, 0.717) is 10.4 Å². The third-order valence-electron chi connectivity index (χ3n) is 3.05. The van der Waals surface area contributed by atoms with Crippen molar-refractivity contribution in [3.63, 3.8) is 0 Å². The third kappa shape index (κ3) is 3.92. The van der Waals surface area contributed by atoms with Crippen molar-refractivity contribution >= 4 is 39.1 Å². The number of rotatable bonds is 5. The van der Waals surface area contributed by atoms with Gasteiger partial charge in [-0.2, -0.15) is 0 Å². The quantitative estimate of drug-likeness (QED) is 0.850. The summed E-state index contributed by atoms with van der Waals surface area (Å²) in [6, 6.07) is 10.7. The van der Waals surface area contributed by atoms with Gasteiger partial charge in [-0.1, -0.05) is 30.3 Å². The Morgan fingerprint density at radius 2 is 2.00 bits per heavy atom. The largest absolute Gasteiger partial charge is 0.481 e. The highest BCUT2D eigenvalue weighted by molar-refractivity contribution is 9.11. The third-order valence-corrected chi connectivity index (χ3v) is 5.18. The molecule has 4 nitrogen and oxygen atoms in total. The van der Waals surface area contributed by atoms with Crippen LogP contribution in [0.25, 0.3) is 0 Å². The molecule has 1 aromatic heterocycles. The van der Waals surface area contributed by atoms with Gasteiger partial charge in [0.25, 0.3) is 5.91 Å². The Balaban J connectivity index is 2.06. The molecule has 0 bridgehead atoms. The molecule has 1 heterocycles. The molecule has 0 aliphatic heterocycles. The van der Waals surface area contributed by atoms with Crippen LogP contribution in [0.4, 0.5) is 0 Å². The topological polar surface area (TPSA) is 66.4 Å². The molecule has 0 saturated heterocycles. The number of hydrogen-bond donors (Lipinski definition) is 2. The summed E-state index contributed by atoms with van der Waals surface area (Å²) in [5, 5.41) is 12.0. The number of hydrogen-bond acceptors (Lipinski definition) is 3. The minimum absolute atomic E-state index is 0.0622. The lowest BCUT2D eigenvalue weighted by atomic mass is 9.99. The maximum Gasteiger partial charge on any atom is 0.312 e. The molecule has 1 atom stereocenters. The summed E-state index contributed by atoms with van der Waals surface area (Å²) >= 11 is 4.70. The predicted molar refractivity (Wildman–Crippen MR) is 85.9 cm³/mol. The SMILES string of the molecule is Cc1cc(C(=O)NCC(C(=O)O)c2ccccc2)sc1Br. The molecule has 1 aromatic carbocycles. The van der Waals surface area contributed by atoms with E-state index in [4.69, 9.17) is 0 Å². The summed E-state index contributed by atoms with van der Waals surface area (Å²) in [5.41, 5.74) is 1.66. The van der Waals surface area contributed by atoms with Gasteiger partial charge in [-0.05, 0) is 40.0 Å². The van der Waals surface area contributed by atoms with Crippen LogP contribution >= 0.6 is 27.3 Å². The monoisotopic (exact) mass is 367 g/mol. The van der Waals surface area contributed by atoms with Gasteiger partial charge in [0.05, 0.1) is 14.6 Å². The van der Waals surface area contributed by atoms with E-state index in [1.54, 1.807) is 30.3 Å². The Hall–Kier alpha value is -1.66. The van der Waals surface area contributed by atoms with Crippen LogP contribution in [0, 0.1) is 6.92 Å². The van der Waals surface area contributed by atoms with Crippen molar-refractivity contribution in [2.75, 3.05) is 6.54 Å². The average Bonchev–Trinajstić information content (AvgIpc) is 2.79. The van der Waals surface area contributed by atoms with Crippen LogP contribution in [0.1, 0.15) is 26.7 Å². The van der Waals surface area contributed by atoms with Gasteiger partial charge in [-0.3, -0.25) is 9.59 Å². The van der Waals surface area contributed by atoms with Crippen molar-refractivity contribution in [2.45, 2.75) is 12.8 Å². The van der Waals surface area contributed by atoms with E-state index in [1.165, 1.54) is 11.3 Å². The van der Waals surface area contributed by atoms with E-state index in [1.807, 2.05) is 13.0 Å². The molecule has 0 fully saturated rings. The van der Waals surface area contributed by atoms with E-state index in [2.05, 4.69) is 21.2 Å². The maximum atomic E-state index is 12.1. The number of halogens is 1. The molecular formula is C15H14BrNO3S. The number of benzene rings is 1. The number of aryl methyl sites for hydroxylation is 1. The lowest BCUT2D eigenvalue weighted by Crippen LogP contribution is -2.31. The summed E-state index contributed by atoms with van der Waals surface area (Å²) < 4.78 is 0.908. The van der Waals surface area contributed by atoms with E-state index in [0.717, 1.165) is 9.35 Å². The minimum Gasteiger partial charge on any atom is -0.481 e. The number of thiophene rings is 1. The molecule has 0 saturated carbocycles. The first kappa shape index (κ1) is 15.7. The fourth-order valence-electron chi connectivity index (χ4n) is 1.89. The fraction of sp³-hybridized carbons (Fsp3) is 0.200. The molecule has 21 heavy (non-hydrogen) atoms.